The zero-order valence-electron chi connectivity index (χ0n) is 14.5. The maximum Gasteiger partial charge on any atom is 0.269 e. The van der Waals surface area contributed by atoms with E-state index in [0.717, 1.165) is 11.1 Å². The molecule has 0 saturated carbocycles. The van der Waals surface area contributed by atoms with Crippen LogP contribution in [-0.2, 0) is 6.54 Å². The Bertz CT molecular complexity index is 1070. The minimum absolute atomic E-state index is 0.0175. The summed E-state index contributed by atoms with van der Waals surface area (Å²) in [5.74, 6) is -0.629. The van der Waals surface area contributed by atoms with E-state index in [1.807, 2.05) is 12.1 Å². The number of nitro benzene ring substituents is 1. The van der Waals surface area contributed by atoms with Gasteiger partial charge in [-0.1, -0.05) is 35.9 Å². The Labute approximate surface area is 165 Å². The van der Waals surface area contributed by atoms with E-state index in [-0.39, 0.29) is 18.1 Å². The molecule has 1 aliphatic heterocycles. The molecule has 0 bridgehead atoms. The van der Waals surface area contributed by atoms with Crippen LogP contribution in [0.1, 0.15) is 33.1 Å². The molecule has 0 aromatic heterocycles. The van der Waals surface area contributed by atoms with Crippen molar-refractivity contribution in [2.24, 2.45) is 0 Å². The highest BCUT2D eigenvalue weighted by atomic mass is 35.5. The molecular formula is C21H14ClFN2O3. The lowest BCUT2D eigenvalue weighted by Crippen LogP contribution is -2.28. The van der Waals surface area contributed by atoms with Gasteiger partial charge in [-0.2, -0.15) is 0 Å². The summed E-state index contributed by atoms with van der Waals surface area (Å²) < 4.78 is 13.9. The van der Waals surface area contributed by atoms with Gasteiger partial charge in [0.05, 0.1) is 11.0 Å². The normalized spacial score (nSPS) is 15.6. The molecule has 4 rings (SSSR count). The Morgan fingerprint density at radius 2 is 1.71 bits per heavy atom. The molecule has 0 spiro atoms. The fraction of sp³-hybridized carbons (Fsp3) is 0.0952. The minimum atomic E-state index is -0.472. The van der Waals surface area contributed by atoms with Crippen LogP contribution >= 0.6 is 11.6 Å². The molecule has 28 heavy (non-hydrogen) atoms. The Kier molecular flexibility index (Phi) is 4.57. The van der Waals surface area contributed by atoms with Gasteiger partial charge in [0.2, 0.25) is 0 Å². The van der Waals surface area contributed by atoms with Crippen molar-refractivity contribution in [3.63, 3.8) is 0 Å². The number of carbonyl (C=O) groups excluding carboxylic acids is 1. The van der Waals surface area contributed by atoms with Crippen LogP contribution in [0.3, 0.4) is 0 Å². The molecule has 0 aliphatic carbocycles. The van der Waals surface area contributed by atoms with Crippen molar-refractivity contribution in [3.8, 4) is 0 Å². The van der Waals surface area contributed by atoms with Gasteiger partial charge in [0, 0.05) is 29.3 Å². The smallest absolute Gasteiger partial charge is 0.269 e. The van der Waals surface area contributed by atoms with Crippen molar-refractivity contribution < 1.29 is 14.1 Å². The average Bonchev–Trinajstić information content (AvgIpc) is 2.94. The Hall–Kier alpha value is -3.25. The predicted molar refractivity (Wildman–Crippen MR) is 103 cm³/mol. The lowest BCUT2D eigenvalue weighted by Gasteiger charge is -2.26. The van der Waals surface area contributed by atoms with Crippen LogP contribution in [0.2, 0.25) is 5.02 Å². The van der Waals surface area contributed by atoms with Crippen LogP contribution < -0.4 is 0 Å². The molecule has 0 fully saturated rings. The summed E-state index contributed by atoms with van der Waals surface area (Å²) in [6, 6.07) is 16.8. The average molecular weight is 397 g/mol. The summed E-state index contributed by atoms with van der Waals surface area (Å²) in [5, 5.41) is 11.4. The summed E-state index contributed by atoms with van der Waals surface area (Å²) >= 11 is 5.98. The van der Waals surface area contributed by atoms with Crippen molar-refractivity contribution in [2.45, 2.75) is 12.6 Å². The molecule has 1 atom stereocenters. The van der Waals surface area contributed by atoms with Crippen LogP contribution in [0, 0.1) is 15.9 Å². The molecule has 1 aliphatic rings. The van der Waals surface area contributed by atoms with Crippen molar-refractivity contribution in [1.29, 1.82) is 0 Å². The van der Waals surface area contributed by atoms with Gasteiger partial charge in [-0.15, -0.1) is 0 Å². The molecule has 7 heteroatoms. The Morgan fingerprint density at radius 3 is 2.36 bits per heavy atom. The van der Waals surface area contributed by atoms with E-state index in [2.05, 4.69) is 0 Å². The number of benzene rings is 3. The van der Waals surface area contributed by atoms with Crippen LogP contribution in [0.5, 0.6) is 0 Å². The molecule has 1 heterocycles. The molecule has 3 aromatic rings. The van der Waals surface area contributed by atoms with Crippen LogP contribution in [0.25, 0.3) is 0 Å². The fourth-order valence-electron chi connectivity index (χ4n) is 3.48. The van der Waals surface area contributed by atoms with Gasteiger partial charge in [0.25, 0.3) is 11.6 Å². The second-order valence-electron chi connectivity index (χ2n) is 6.54. The van der Waals surface area contributed by atoms with E-state index < -0.39 is 16.8 Å². The molecule has 1 amide bonds. The monoisotopic (exact) mass is 396 g/mol. The Morgan fingerprint density at radius 1 is 1.04 bits per heavy atom. The summed E-state index contributed by atoms with van der Waals surface area (Å²) in [4.78, 5) is 25.0. The first kappa shape index (κ1) is 18.1. The van der Waals surface area contributed by atoms with Crippen molar-refractivity contribution >= 4 is 23.2 Å². The van der Waals surface area contributed by atoms with Gasteiger partial charge in [0.1, 0.15) is 5.82 Å². The zero-order chi connectivity index (χ0) is 19.8. The molecule has 0 radical (unpaired) electrons. The SMILES string of the molecule is O=C1c2ccc(F)cc2C(c2ccc(Cl)cc2)N1Cc1ccc([N+](=O)[O-])cc1. The number of nitrogens with zero attached hydrogens (tertiary/aromatic N) is 2. The molecule has 0 N–H and O–H groups in total. The topological polar surface area (TPSA) is 63.5 Å². The first-order valence-corrected chi connectivity index (χ1v) is 8.91. The number of non-ortho nitro benzene ring substituents is 1. The van der Waals surface area contributed by atoms with Crippen LogP contribution in [-0.4, -0.2) is 15.7 Å². The van der Waals surface area contributed by atoms with Gasteiger partial charge in [-0.3, -0.25) is 14.9 Å². The number of hydrogen-bond donors (Lipinski definition) is 0. The van der Waals surface area contributed by atoms with Crippen LogP contribution in [0.4, 0.5) is 10.1 Å². The summed E-state index contributed by atoms with van der Waals surface area (Å²) in [7, 11) is 0. The van der Waals surface area contributed by atoms with E-state index in [1.54, 1.807) is 29.2 Å². The highest BCUT2D eigenvalue weighted by Gasteiger charge is 2.37. The number of nitro groups is 1. The molecule has 140 valence electrons. The van der Waals surface area contributed by atoms with Crippen molar-refractivity contribution in [3.05, 3.63) is 110 Å². The zero-order valence-corrected chi connectivity index (χ0v) is 15.3. The van der Waals surface area contributed by atoms with E-state index in [1.165, 1.54) is 30.3 Å². The van der Waals surface area contributed by atoms with Gasteiger partial charge in [0.15, 0.2) is 0 Å². The largest absolute Gasteiger partial charge is 0.323 e. The lowest BCUT2D eigenvalue weighted by molar-refractivity contribution is -0.384. The quantitative estimate of drug-likeness (QED) is 0.453. The van der Waals surface area contributed by atoms with Gasteiger partial charge in [-0.25, -0.2) is 4.39 Å². The van der Waals surface area contributed by atoms with Gasteiger partial charge >= 0.3 is 0 Å². The second-order valence-corrected chi connectivity index (χ2v) is 6.98. The number of amides is 1. The molecule has 5 nitrogen and oxygen atoms in total. The van der Waals surface area contributed by atoms with Gasteiger partial charge < -0.3 is 4.90 Å². The summed E-state index contributed by atoms with van der Waals surface area (Å²) in [6.07, 6.45) is 0. The van der Waals surface area contributed by atoms with Gasteiger partial charge in [-0.05, 0) is 47.0 Å². The highest BCUT2D eigenvalue weighted by molar-refractivity contribution is 6.30. The predicted octanol–water partition coefficient (Wildman–Crippen LogP) is 5.13. The number of carbonyl (C=O) groups is 1. The summed E-state index contributed by atoms with van der Waals surface area (Å²) in [5.41, 5.74) is 2.57. The van der Waals surface area contributed by atoms with Crippen molar-refractivity contribution in [2.75, 3.05) is 0 Å². The minimum Gasteiger partial charge on any atom is -0.323 e. The lowest BCUT2D eigenvalue weighted by atomic mass is 9.97. The summed E-state index contributed by atoms with van der Waals surface area (Å²) in [6.45, 7) is 0.237. The van der Waals surface area contributed by atoms with E-state index in [9.17, 15) is 19.3 Å². The number of rotatable bonds is 4. The first-order valence-electron chi connectivity index (χ1n) is 8.53. The first-order chi connectivity index (χ1) is 13.4. The standard InChI is InChI=1S/C21H14ClFN2O3/c22-15-5-3-14(4-6-15)20-19-11-16(23)7-10-18(19)21(26)24(20)12-13-1-8-17(9-2-13)25(27)28/h1-11,20H,12H2. The van der Waals surface area contributed by atoms with E-state index in [0.29, 0.717) is 16.1 Å². The van der Waals surface area contributed by atoms with Crippen molar-refractivity contribution in [1.82, 2.24) is 4.90 Å². The van der Waals surface area contributed by atoms with E-state index in [4.69, 9.17) is 11.6 Å². The number of fused-ring (bicyclic) bond motifs is 1. The second kappa shape index (κ2) is 7.05. The molecule has 3 aromatic carbocycles. The third kappa shape index (κ3) is 3.23. The maximum absolute atomic E-state index is 13.9. The Balaban J connectivity index is 1.74. The van der Waals surface area contributed by atoms with E-state index >= 15 is 0 Å². The fourth-order valence-corrected chi connectivity index (χ4v) is 3.61. The third-order valence-corrected chi connectivity index (χ3v) is 5.05. The molecular weight excluding hydrogens is 383 g/mol. The number of hydrogen-bond acceptors (Lipinski definition) is 3. The van der Waals surface area contributed by atoms with Crippen LogP contribution in [0.15, 0.2) is 66.7 Å². The third-order valence-electron chi connectivity index (χ3n) is 4.80. The maximum atomic E-state index is 13.9. The highest BCUT2D eigenvalue weighted by Crippen LogP contribution is 2.40. The molecule has 1 unspecified atom stereocenters. The molecule has 0 saturated heterocycles. The number of halogens is 2.